The zero-order chi connectivity index (χ0) is 18.4. The molecule has 0 aliphatic heterocycles. The molecule has 3 N–H and O–H groups in total. The Bertz CT molecular complexity index is 880. The van der Waals surface area contributed by atoms with E-state index in [1.165, 1.54) is 24.3 Å². The van der Waals surface area contributed by atoms with Crippen LogP contribution in [0.1, 0.15) is 12.3 Å². The summed E-state index contributed by atoms with van der Waals surface area (Å²) in [5, 5.41) is 10.7. The maximum atomic E-state index is 12.8. The average molecular weight is 391 g/mol. The highest BCUT2D eigenvalue weighted by molar-refractivity contribution is 7.80. The van der Waals surface area contributed by atoms with Crippen molar-refractivity contribution in [2.24, 2.45) is 0 Å². The van der Waals surface area contributed by atoms with Crippen LogP contribution in [0.15, 0.2) is 45.6 Å². The number of aryl methyl sites for hydroxylation is 1. The monoisotopic (exact) mass is 391 g/mol. The van der Waals surface area contributed by atoms with Crippen molar-refractivity contribution in [3.63, 3.8) is 0 Å². The van der Waals surface area contributed by atoms with Crippen LogP contribution >= 0.6 is 23.6 Å². The van der Waals surface area contributed by atoms with Gasteiger partial charge in [-0.15, -0.1) is 0 Å². The molecule has 10 heteroatoms. The first kappa shape index (κ1) is 18.0. The largest absolute Gasteiger partial charge is 0.339 e. The van der Waals surface area contributed by atoms with Gasteiger partial charge >= 0.3 is 0 Å². The molecule has 0 unspecified atom stereocenters. The minimum Gasteiger partial charge on any atom is -0.339 e. The summed E-state index contributed by atoms with van der Waals surface area (Å²) in [6, 6.07) is 7.57. The van der Waals surface area contributed by atoms with Crippen molar-refractivity contribution in [1.82, 2.24) is 21.0 Å². The zero-order valence-corrected chi connectivity index (χ0v) is 15.0. The smallest absolute Gasteiger partial charge is 0.238 e. The predicted molar refractivity (Wildman–Crippen MR) is 99.8 cm³/mol. The number of halogens is 1. The number of carbonyl (C=O) groups is 1. The van der Waals surface area contributed by atoms with E-state index in [-0.39, 0.29) is 23.3 Å². The van der Waals surface area contributed by atoms with Crippen LogP contribution in [0.2, 0.25) is 0 Å². The van der Waals surface area contributed by atoms with E-state index in [1.807, 2.05) is 16.8 Å². The minimum atomic E-state index is -0.342. The van der Waals surface area contributed by atoms with Gasteiger partial charge in [-0.2, -0.15) is 16.3 Å². The second-order valence-corrected chi connectivity index (χ2v) is 6.35. The van der Waals surface area contributed by atoms with Crippen LogP contribution in [-0.4, -0.2) is 21.2 Å². The molecule has 0 aliphatic rings. The van der Waals surface area contributed by atoms with Crippen molar-refractivity contribution in [2.45, 2.75) is 12.8 Å². The maximum Gasteiger partial charge on any atom is 0.238 e. The van der Waals surface area contributed by atoms with E-state index in [0.717, 1.165) is 5.56 Å². The number of aromatic nitrogens is 2. The second-order valence-electron chi connectivity index (χ2n) is 5.16. The number of anilines is 1. The number of amides is 1. The first-order valence-corrected chi connectivity index (χ1v) is 8.92. The summed E-state index contributed by atoms with van der Waals surface area (Å²) in [5.41, 5.74) is 6.52. The van der Waals surface area contributed by atoms with Gasteiger partial charge in [0.25, 0.3) is 0 Å². The third kappa shape index (κ3) is 5.07. The van der Waals surface area contributed by atoms with Crippen LogP contribution in [0.4, 0.5) is 10.1 Å². The molecule has 7 nitrogen and oxygen atoms in total. The molecule has 2 aromatic heterocycles. The Balaban J connectivity index is 1.40. The van der Waals surface area contributed by atoms with Gasteiger partial charge in [-0.05, 0) is 47.9 Å². The molecule has 2 heterocycles. The molecular weight excluding hydrogens is 377 g/mol. The Kier molecular flexibility index (Phi) is 5.87. The fraction of sp³-hybridized carbons (Fsp3) is 0.125. The first-order valence-electron chi connectivity index (χ1n) is 7.57. The molecule has 134 valence electrons. The number of nitrogens with zero attached hydrogens (tertiary/aromatic N) is 2. The number of hydrogen-bond donors (Lipinski definition) is 3. The molecule has 0 fully saturated rings. The quantitative estimate of drug-likeness (QED) is 0.455. The topological polar surface area (TPSA) is 92.1 Å². The van der Waals surface area contributed by atoms with E-state index in [1.54, 1.807) is 11.3 Å². The number of hydrazine groups is 1. The minimum absolute atomic E-state index is 0.150. The number of nitrogens with one attached hydrogen (secondary N) is 3. The molecule has 0 saturated carbocycles. The average Bonchev–Trinajstić information content (AvgIpc) is 3.31. The van der Waals surface area contributed by atoms with Crippen molar-refractivity contribution in [1.29, 1.82) is 0 Å². The van der Waals surface area contributed by atoms with Crippen molar-refractivity contribution in [3.05, 3.63) is 52.8 Å². The van der Waals surface area contributed by atoms with Gasteiger partial charge in [0.2, 0.25) is 17.6 Å². The van der Waals surface area contributed by atoms with Gasteiger partial charge in [0.15, 0.2) is 5.11 Å². The van der Waals surface area contributed by atoms with Gasteiger partial charge < -0.3 is 9.84 Å². The van der Waals surface area contributed by atoms with Crippen molar-refractivity contribution >= 4 is 40.3 Å². The zero-order valence-electron chi connectivity index (χ0n) is 13.4. The summed E-state index contributed by atoms with van der Waals surface area (Å²) >= 11 is 6.58. The van der Waals surface area contributed by atoms with Crippen molar-refractivity contribution in [3.8, 4) is 11.4 Å². The number of thiophene rings is 1. The number of rotatable bonds is 5. The Labute approximate surface area is 157 Å². The molecule has 0 saturated heterocycles. The lowest BCUT2D eigenvalue weighted by Gasteiger charge is -2.11. The van der Waals surface area contributed by atoms with E-state index in [2.05, 4.69) is 26.3 Å². The summed E-state index contributed by atoms with van der Waals surface area (Å²) < 4.78 is 18.0. The molecule has 0 radical (unpaired) electrons. The van der Waals surface area contributed by atoms with Gasteiger partial charge in [0.05, 0.1) is 0 Å². The summed E-state index contributed by atoms with van der Waals surface area (Å²) in [6.45, 7) is 0. The predicted octanol–water partition coefficient (Wildman–Crippen LogP) is 2.89. The highest BCUT2D eigenvalue weighted by atomic mass is 32.1. The fourth-order valence-corrected chi connectivity index (χ4v) is 2.77. The van der Waals surface area contributed by atoms with Gasteiger partial charge in [0, 0.05) is 29.5 Å². The summed E-state index contributed by atoms with van der Waals surface area (Å²) in [6.07, 6.45) is 0.459. The van der Waals surface area contributed by atoms with Gasteiger partial charge in [0.1, 0.15) is 5.82 Å². The molecule has 0 spiro atoms. The molecular formula is C16H14FN5O2S2. The number of benzene rings is 1. The summed E-state index contributed by atoms with van der Waals surface area (Å²) in [5.74, 6) is 0.257. The van der Waals surface area contributed by atoms with Crippen LogP contribution in [0.5, 0.6) is 0 Å². The van der Waals surface area contributed by atoms with Crippen LogP contribution < -0.4 is 16.2 Å². The lowest BCUT2D eigenvalue weighted by molar-refractivity contribution is -0.121. The van der Waals surface area contributed by atoms with Crippen molar-refractivity contribution in [2.75, 3.05) is 5.32 Å². The fourth-order valence-electron chi connectivity index (χ4n) is 1.97. The van der Waals surface area contributed by atoms with Crippen LogP contribution in [0, 0.1) is 5.82 Å². The molecule has 1 amide bonds. The highest BCUT2D eigenvalue weighted by Crippen LogP contribution is 2.18. The standard InChI is InChI=1S/C16H14FN5O2S2/c17-11-1-3-12(4-2-11)18-16(25)21-20-13(23)5-6-14-19-15(22-24-14)10-7-8-26-9-10/h1-4,7-9H,5-6H2,(H,20,23)(H2,18,21,25). The lowest BCUT2D eigenvalue weighted by atomic mass is 10.3. The van der Waals surface area contributed by atoms with E-state index in [4.69, 9.17) is 16.7 Å². The second kappa shape index (κ2) is 8.50. The third-order valence-corrected chi connectivity index (χ3v) is 4.12. The molecule has 0 bridgehead atoms. The van der Waals surface area contributed by atoms with Gasteiger partial charge in [-0.1, -0.05) is 5.16 Å². The summed E-state index contributed by atoms with van der Waals surface area (Å²) in [7, 11) is 0. The lowest BCUT2D eigenvalue weighted by Crippen LogP contribution is -2.43. The Morgan fingerprint density at radius 2 is 2.04 bits per heavy atom. The maximum absolute atomic E-state index is 12.8. The molecule has 3 rings (SSSR count). The van der Waals surface area contributed by atoms with Crippen LogP contribution in [-0.2, 0) is 11.2 Å². The van der Waals surface area contributed by atoms with E-state index >= 15 is 0 Å². The first-order chi connectivity index (χ1) is 12.6. The third-order valence-electron chi connectivity index (χ3n) is 3.23. The number of carbonyl (C=O) groups excluding carboxylic acids is 1. The van der Waals surface area contributed by atoms with E-state index in [0.29, 0.717) is 23.8 Å². The molecule has 3 aromatic rings. The normalized spacial score (nSPS) is 10.3. The Hall–Kier alpha value is -2.85. The van der Waals surface area contributed by atoms with Gasteiger partial charge in [-0.3, -0.25) is 15.6 Å². The molecule has 0 aliphatic carbocycles. The number of thiocarbonyl (C=S) groups is 1. The summed E-state index contributed by atoms with van der Waals surface area (Å²) in [4.78, 5) is 16.1. The Morgan fingerprint density at radius 3 is 2.77 bits per heavy atom. The number of hydrogen-bond acceptors (Lipinski definition) is 6. The van der Waals surface area contributed by atoms with Crippen LogP contribution in [0.25, 0.3) is 11.4 Å². The highest BCUT2D eigenvalue weighted by Gasteiger charge is 2.11. The van der Waals surface area contributed by atoms with Gasteiger partial charge in [-0.25, -0.2) is 4.39 Å². The SMILES string of the molecule is O=C(CCc1nc(-c2ccsc2)no1)NNC(=S)Nc1ccc(F)cc1. The molecule has 1 aromatic carbocycles. The Morgan fingerprint density at radius 1 is 1.23 bits per heavy atom. The molecule has 26 heavy (non-hydrogen) atoms. The van der Waals surface area contributed by atoms with Crippen molar-refractivity contribution < 1.29 is 13.7 Å². The van der Waals surface area contributed by atoms with Crippen LogP contribution in [0.3, 0.4) is 0 Å². The van der Waals surface area contributed by atoms with E-state index < -0.39 is 0 Å². The molecule has 0 atom stereocenters. The van der Waals surface area contributed by atoms with E-state index in [9.17, 15) is 9.18 Å².